The lowest BCUT2D eigenvalue weighted by Crippen LogP contribution is -2.40. The number of amides is 2. The Balaban J connectivity index is 1.77. The smallest absolute Gasteiger partial charge is 0.315 e. The summed E-state index contributed by atoms with van der Waals surface area (Å²) in [6.07, 6.45) is 4.61. The molecular formula is C14H19N3OS. The highest BCUT2D eigenvalue weighted by Gasteiger charge is 2.16. The minimum Gasteiger partial charge on any atom is -0.389 e. The van der Waals surface area contributed by atoms with E-state index in [9.17, 15) is 4.79 Å². The molecule has 1 saturated carbocycles. The number of hydrogen-bond donors (Lipinski definition) is 3. The Morgan fingerprint density at radius 2 is 1.89 bits per heavy atom. The van der Waals surface area contributed by atoms with Gasteiger partial charge in [0.1, 0.15) is 4.99 Å². The van der Waals surface area contributed by atoms with Gasteiger partial charge in [0.2, 0.25) is 0 Å². The Bertz CT molecular complexity index is 452. The van der Waals surface area contributed by atoms with E-state index in [-0.39, 0.29) is 6.03 Å². The molecule has 2 amide bonds. The van der Waals surface area contributed by atoms with Gasteiger partial charge in [-0.25, -0.2) is 4.79 Å². The van der Waals surface area contributed by atoms with Crippen molar-refractivity contribution in [3.8, 4) is 0 Å². The van der Waals surface area contributed by atoms with E-state index < -0.39 is 0 Å². The van der Waals surface area contributed by atoms with Gasteiger partial charge in [0.25, 0.3) is 0 Å². The molecule has 0 spiro atoms. The zero-order valence-corrected chi connectivity index (χ0v) is 11.6. The lowest BCUT2D eigenvalue weighted by molar-refractivity contribution is 0.236. The molecule has 2 rings (SSSR count). The third kappa shape index (κ3) is 4.21. The van der Waals surface area contributed by atoms with Gasteiger partial charge in [-0.15, -0.1) is 0 Å². The van der Waals surface area contributed by atoms with Crippen molar-refractivity contribution in [2.75, 3.05) is 0 Å². The lowest BCUT2D eigenvalue weighted by Gasteiger charge is -2.13. The second kappa shape index (κ2) is 6.52. The van der Waals surface area contributed by atoms with Crippen molar-refractivity contribution in [2.45, 2.75) is 38.3 Å². The van der Waals surface area contributed by atoms with Crippen LogP contribution >= 0.6 is 12.2 Å². The average Bonchev–Trinajstić information content (AvgIpc) is 2.89. The molecule has 1 aliphatic rings. The minimum atomic E-state index is -0.0923. The molecule has 0 bridgehead atoms. The predicted octanol–water partition coefficient (Wildman–Crippen LogP) is 2.06. The van der Waals surface area contributed by atoms with Crippen LogP contribution in [0.4, 0.5) is 4.79 Å². The molecule has 1 fully saturated rings. The number of nitrogens with two attached hydrogens (primary N) is 1. The second-order valence-electron chi connectivity index (χ2n) is 4.87. The SMILES string of the molecule is NC(=S)c1ccc(CNC(=O)NC2CCCC2)cc1. The molecule has 0 heterocycles. The van der Waals surface area contributed by atoms with E-state index in [2.05, 4.69) is 10.6 Å². The number of urea groups is 1. The van der Waals surface area contributed by atoms with Crippen LogP contribution in [0.25, 0.3) is 0 Å². The van der Waals surface area contributed by atoms with E-state index in [4.69, 9.17) is 18.0 Å². The van der Waals surface area contributed by atoms with Gasteiger partial charge in [0, 0.05) is 18.2 Å². The number of hydrogen-bond acceptors (Lipinski definition) is 2. The van der Waals surface area contributed by atoms with Crippen LogP contribution in [0.2, 0.25) is 0 Å². The maximum absolute atomic E-state index is 11.7. The molecule has 0 unspecified atom stereocenters. The van der Waals surface area contributed by atoms with E-state index in [0.717, 1.165) is 24.0 Å². The zero-order valence-electron chi connectivity index (χ0n) is 10.8. The molecule has 19 heavy (non-hydrogen) atoms. The van der Waals surface area contributed by atoms with Crippen LogP contribution < -0.4 is 16.4 Å². The fourth-order valence-electron chi connectivity index (χ4n) is 2.28. The number of carbonyl (C=O) groups is 1. The molecule has 0 atom stereocenters. The summed E-state index contributed by atoms with van der Waals surface area (Å²) in [4.78, 5) is 12.1. The van der Waals surface area contributed by atoms with E-state index in [0.29, 0.717) is 17.6 Å². The first kappa shape index (κ1) is 13.8. The number of thiocarbonyl (C=S) groups is 1. The minimum absolute atomic E-state index is 0.0923. The molecule has 4 N–H and O–H groups in total. The van der Waals surface area contributed by atoms with Crippen LogP contribution in [-0.4, -0.2) is 17.1 Å². The van der Waals surface area contributed by atoms with Gasteiger partial charge >= 0.3 is 6.03 Å². The quantitative estimate of drug-likeness (QED) is 0.738. The molecule has 102 valence electrons. The van der Waals surface area contributed by atoms with E-state index in [1.54, 1.807) is 0 Å². The molecule has 0 aliphatic heterocycles. The molecule has 0 saturated heterocycles. The molecule has 0 radical (unpaired) electrons. The molecule has 5 heteroatoms. The molecular weight excluding hydrogens is 258 g/mol. The van der Waals surface area contributed by atoms with Gasteiger partial charge in [-0.1, -0.05) is 49.3 Å². The van der Waals surface area contributed by atoms with Gasteiger partial charge < -0.3 is 16.4 Å². The van der Waals surface area contributed by atoms with Crippen LogP contribution in [0.3, 0.4) is 0 Å². The average molecular weight is 277 g/mol. The van der Waals surface area contributed by atoms with E-state index in [1.807, 2.05) is 24.3 Å². The van der Waals surface area contributed by atoms with Crippen LogP contribution in [0.5, 0.6) is 0 Å². The summed E-state index contributed by atoms with van der Waals surface area (Å²) in [5.74, 6) is 0. The van der Waals surface area contributed by atoms with Crippen molar-refractivity contribution in [1.82, 2.24) is 10.6 Å². The van der Waals surface area contributed by atoms with Crippen LogP contribution in [0.15, 0.2) is 24.3 Å². The van der Waals surface area contributed by atoms with Gasteiger partial charge in [0.05, 0.1) is 0 Å². The van der Waals surface area contributed by atoms with E-state index >= 15 is 0 Å². The fourth-order valence-corrected chi connectivity index (χ4v) is 2.41. The van der Waals surface area contributed by atoms with Crippen LogP contribution in [0, 0.1) is 0 Å². The third-order valence-corrected chi connectivity index (χ3v) is 3.62. The number of nitrogens with one attached hydrogen (secondary N) is 2. The fraction of sp³-hybridized carbons (Fsp3) is 0.429. The largest absolute Gasteiger partial charge is 0.389 e. The Morgan fingerprint density at radius 3 is 2.47 bits per heavy atom. The van der Waals surface area contributed by atoms with E-state index in [1.165, 1.54) is 12.8 Å². The highest BCUT2D eigenvalue weighted by molar-refractivity contribution is 7.80. The Labute approximate surface area is 118 Å². The number of carbonyl (C=O) groups excluding carboxylic acids is 1. The van der Waals surface area contributed by atoms with Crippen molar-refractivity contribution >= 4 is 23.2 Å². The summed E-state index contributed by atoms with van der Waals surface area (Å²) in [6.45, 7) is 0.510. The maximum Gasteiger partial charge on any atom is 0.315 e. The zero-order chi connectivity index (χ0) is 13.7. The first-order valence-electron chi connectivity index (χ1n) is 6.58. The Kier molecular flexibility index (Phi) is 4.74. The summed E-state index contributed by atoms with van der Waals surface area (Å²) in [6, 6.07) is 7.83. The molecule has 1 aliphatic carbocycles. The lowest BCUT2D eigenvalue weighted by atomic mass is 10.1. The van der Waals surface area contributed by atoms with Gasteiger partial charge in [-0.05, 0) is 18.4 Å². The topological polar surface area (TPSA) is 67.1 Å². The van der Waals surface area contributed by atoms with Crippen molar-refractivity contribution in [3.05, 3.63) is 35.4 Å². The van der Waals surface area contributed by atoms with Gasteiger partial charge in [0.15, 0.2) is 0 Å². The molecule has 4 nitrogen and oxygen atoms in total. The predicted molar refractivity (Wildman–Crippen MR) is 80.0 cm³/mol. The normalized spacial score (nSPS) is 15.2. The van der Waals surface area contributed by atoms with Crippen molar-refractivity contribution in [2.24, 2.45) is 5.73 Å². The summed E-state index contributed by atoms with van der Waals surface area (Å²) in [5.41, 5.74) is 7.40. The number of benzene rings is 1. The Morgan fingerprint density at radius 1 is 1.26 bits per heavy atom. The van der Waals surface area contributed by atoms with Crippen LogP contribution in [0.1, 0.15) is 36.8 Å². The summed E-state index contributed by atoms with van der Waals surface area (Å²) < 4.78 is 0. The van der Waals surface area contributed by atoms with Crippen molar-refractivity contribution < 1.29 is 4.79 Å². The number of rotatable bonds is 4. The van der Waals surface area contributed by atoms with Gasteiger partial charge in [-0.3, -0.25) is 0 Å². The standard InChI is InChI=1S/C14H19N3OS/c15-13(19)11-7-5-10(6-8-11)9-16-14(18)17-12-3-1-2-4-12/h5-8,12H,1-4,9H2,(H2,15,19)(H2,16,17,18). The van der Waals surface area contributed by atoms with Crippen LogP contribution in [-0.2, 0) is 6.54 Å². The molecule has 0 aromatic heterocycles. The third-order valence-electron chi connectivity index (χ3n) is 3.38. The molecule has 1 aromatic carbocycles. The van der Waals surface area contributed by atoms with Crippen molar-refractivity contribution in [1.29, 1.82) is 0 Å². The summed E-state index contributed by atoms with van der Waals surface area (Å²) >= 11 is 4.89. The highest BCUT2D eigenvalue weighted by Crippen LogP contribution is 2.17. The second-order valence-corrected chi connectivity index (χ2v) is 5.31. The van der Waals surface area contributed by atoms with Crippen molar-refractivity contribution in [3.63, 3.8) is 0 Å². The van der Waals surface area contributed by atoms with Gasteiger partial charge in [-0.2, -0.15) is 0 Å². The first-order valence-corrected chi connectivity index (χ1v) is 6.99. The summed E-state index contributed by atoms with van der Waals surface area (Å²) in [7, 11) is 0. The molecule has 1 aromatic rings. The first-order chi connectivity index (χ1) is 9.15. The summed E-state index contributed by atoms with van der Waals surface area (Å²) in [5, 5.41) is 5.85. The monoisotopic (exact) mass is 277 g/mol. The Hall–Kier alpha value is -1.62. The highest BCUT2D eigenvalue weighted by atomic mass is 32.1. The maximum atomic E-state index is 11.7.